The van der Waals surface area contributed by atoms with E-state index in [2.05, 4.69) is 5.10 Å². The molecule has 1 aromatic heterocycles. The van der Waals surface area contributed by atoms with Crippen molar-refractivity contribution >= 4 is 17.5 Å². The molecule has 0 aliphatic carbocycles. The molecule has 144 valence electrons. The van der Waals surface area contributed by atoms with Crippen LogP contribution in [0.15, 0.2) is 23.0 Å². The third kappa shape index (κ3) is 3.16. The lowest BCUT2D eigenvalue weighted by Gasteiger charge is -2.38. The number of hydrogen-bond acceptors (Lipinski definition) is 3. The van der Waals surface area contributed by atoms with Gasteiger partial charge in [-0.3, -0.25) is 9.36 Å². The Morgan fingerprint density at radius 1 is 1.33 bits per heavy atom. The van der Waals surface area contributed by atoms with Gasteiger partial charge < -0.3 is 4.90 Å². The fourth-order valence-electron chi connectivity index (χ4n) is 3.70. The Labute approximate surface area is 159 Å². The molecule has 0 bridgehead atoms. The number of benzene rings is 1. The summed E-state index contributed by atoms with van der Waals surface area (Å²) in [5, 5.41) is 4.39. The van der Waals surface area contributed by atoms with Crippen molar-refractivity contribution in [3.05, 3.63) is 50.9 Å². The molecule has 6 nitrogen and oxygen atoms in total. The second kappa shape index (κ2) is 6.74. The molecule has 2 aliphatic heterocycles. The first-order valence-corrected chi connectivity index (χ1v) is 9.29. The van der Waals surface area contributed by atoms with E-state index < -0.39 is 23.7 Å². The highest BCUT2D eigenvalue weighted by molar-refractivity contribution is 6.30. The van der Waals surface area contributed by atoms with Crippen LogP contribution in [0.4, 0.5) is 8.78 Å². The molecule has 2 unspecified atom stereocenters. The molecule has 2 atom stereocenters. The predicted molar refractivity (Wildman–Crippen MR) is 95.2 cm³/mol. The quantitative estimate of drug-likeness (QED) is 0.801. The van der Waals surface area contributed by atoms with Crippen molar-refractivity contribution in [3.63, 3.8) is 0 Å². The minimum Gasteiger partial charge on any atom is -0.335 e. The van der Waals surface area contributed by atoms with Crippen molar-refractivity contribution in [3.8, 4) is 0 Å². The Morgan fingerprint density at radius 3 is 2.74 bits per heavy atom. The monoisotopic (exact) mass is 396 g/mol. The van der Waals surface area contributed by atoms with Crippen molar-refractivity contribution < 1.29 is 13.6 Å². The molecule has 4 rings (SSSR count). The van der Waals surface area contributed by atoms with E-state index in [0.717, 1.165) is 6.42 Å². The van der Waals surface area contributed by atoms with Gasteiger partial charge in [-0.15, -0.1) is 0 Å². The summed E-state index contributed by atoms with van der Waals surface area (Å²) >= 11 is 5.81. The lowest BCUT2D eigenvalue weighted by atomic mass is 9.94. The molecule has 9 heteroatoms. The highest BCUT2D eigenvalue weighted by atomic mass is 35.5. The van der Waals surface area contributed by atoms with Gasteiger partial charge in [0, 0.05) is 5.92 Å². The van der Waals surface area contributed by atoms with Crippen LogP contribution in [0.2, 0.25) is 5.02 Å². The first-order valence-electron chi connectivity index (χ1n) is 8.91. The Hall–Kier alpha value is -2.22. The highest BCUT2D eigenvalue weighted by Gasteiger charge is 2.40. The number of hydrogen-bond donors (Lipinski definition) is 0. The smallest absolute Gasteiger partial charge is 0.335 e. The molecule has 1 saturated heterocycles. The number of fused-ring (bicyclic) bond motifs is 1. The van der Waals surface area contributed by atoms with E-state index in [4.69, 9.17) is 11.6 Å². The van der Waals surface area contributed by atoms with E-state index >= 15 is 0 Å². The van der Waals surface area contributed by atoms with Gasteiger partial charge in [-0.25, -0.2) is 18.3 Å². The summed E-state index contributed by atoms with van der Waals surface area (Å²) in [5.74, 6) is -0.180. The molecule has 1 aromatic carbocycles. The molecule has 0 N–H and O–H groups in total. The van der Waals surface area contributed by atoms with Crippen LogP contribution in [0.5, 0.6) is 0 Å². The van der Waals surface area contributed by atoms with E-state index in [-0.39, 0.29) is 36.5 Å². The van der Waals surface area contributed by atoms with Crippen LogP contribution in [-0.4, -0.2) is 44.4 Å². The normalized spacial score (nSPS) is 22.4. The average molecular weight is 397 g/mol. The fourth-order valence-corrected chi connectivity index (χ4v) is 3.90. The maximum atomic E-state index is 13.3. The van der Waals surface area contributed by atoms with Crippen LogP contribution in [0.1, 0.15) is 43.1 Å². The zero-order valence-corrected chi connectivity index (χ0v) is 15.5. The molecular formula is C18H19ClF2N4O2. The summed E-state index contributed by atoms with van der Waals surface area (Å²) < 4.78 is 29.2. The maximum Gasteiger partial charge on any atom is 0.347 e. The van der Waals surface area contributed by atoms with Crippen molar-refractivity contribution in [2.45, 2.75) is 44.4 Å². The molecule has 2 aliphatic rings. The molecule has 1 fully saturated rings. The van der Waals surface area contributed by atoms with Crippen molar-refractivity contribution in [2.24, 2.45) is 0 Å². The summed E-state index contributed by atoms with van der Waals surface area (Å²) in [7, 11) is 0. The number of carbonyl (C=O) groups excluding carboxylic acids is 1. The van der Waals surface area contributed by atoms with Crippen molar-refractivity contribution in [1.82, 2.24) is 19.2 Å². The second-order valence-electron chi connectivity index (χ2n) is 7.25. The SMILES string of the molecule is CC1CCC(C(=O)N2CC(F)C2)n2c1nn(Cc1ccc(F)c(Cl)c1)c2=O. The van der Waals surface area contributed by atoms with Gasteiger partial charge in [-0.1, -0.05) is 24.6 Å². The third-order valence-corrected chi connectivity index (χ3v) is 5.56. The molecule has 27 heavy (non-hydrogen) atoms. The van der Waals surface area contributed by atoms with Crippen LogP contribution < -0.4 is 5.69 Å². The van der Waals surface area contributed by atoms with Crippen LogP contribution >= 0.6 is 11.6 Å². The first-order chi connectivity index (χ1) is 12.8. The summed E-state index contributed by atoms with van der Waals surface area (Å²) in [6, 6.07) is 3.58. The van der Waals surface area contributed by atoms with Gasteiger partial charge in [-0.05, 0) is 30.5 Å². The lowest BCUT2D eigenvalue weighted by Crippen LogP contribution is -2.54. The van der Waals surface area contributed by atoms with E-state index in [1.807, 2.05) is 6.92 Å². The first kappa shape index (κ1) is 18.2. The third-order valence-electron chi connectivity index (χ3n) is 5.27. The topological polar surface area (TPSA) is 60.1 Å². The minimum atomic E-state index is -0.987. The molecule has 2 aromatic rings. The van der Waals surface area contributed by atoms with Gasteiger partial charge >= 0.3 is 5.69 Å². The summed E-state index contributed by atoms with van der Waals surface area (Å²) in [6.45, 7) is 2.25. The summed E-state index contributed by atoms with van der Waals surface area (Å²) in [4.78, 5) is 27.1. The van der Waals surface area contributed by atoms with Crippen LogP contribution in [0, 0.1) is 5.82 Å². The van der Waals surface area contributed by atoms with Crippen molar-refractivity contribution in [1.29, 1.82) is 0 Å². The number of likely N-dealkylation sites (tertiary alicyclic amines) is 1. The van der Waals surface area contributed by atoms with Gasteiger partial charge in [0.25, 0.3) is 0 Å². The van der Waals surface area contributed by atoms with E-state index in [9.17, 15) is 18.4 Å². The van der Waals surface area contributed by atoms with Gasteiger partial charge in [0.05, 0.1) is 24.7 Å². The van der Waals surface area contributed by atoms with E-state index in [1.54, 1.807) is 6.07 Å². The summed E-state index contributed by atoms with van der Waals surface area (Å²) in [6.07, 6.45) is 0.259. The number of amides is 1. The molecule has 3 heterocycles. The zero-order valence-electron chi connectivity index (χ0n) is 14.7. The molecule has 0 saturated carbocycles. The number of rotatable bonds is 3. The van der Waals surface area contributed by atoms with Gasteiger partial charge in [0.2, 0.25) is 5.91 Å². The van der Waals surface area contributed by atoms with Crippen LogP contribution in [0.25, 0.3) is 0 Å². The van der Waals surface area contributed by atoms with Crippen molar-refractivity contribution in [2.75, 3.05) is 13.1 Å². The maximum absolute atomic E-state index is 13.3. The predicted octanol–water partition coefficient (Wildman–Crippen LogP) is 2.50. The molecule has 0 spiro atoms. The van der Waals surface area contributed by atoms with Gasteiger partial charge in [0.15, 0.2) is 0 Å². The number of alkyl halides is 1. The Balaban J connectivity index is 1.66. The molecule has 0 radical (unpaired) electrons. The van der Waals surface area contributed by atoms with Gasteiger partial charge in [-0.2, -0.15) is 5.10 Å². The Bertz CT molecular complexity index is 951. The Morgan fingerprint density at radius 2 is 2.07 bits per heavy atom. The van der Waals surface area contributed by atoms with E-state index in [0.29, 0.717) is 17.8 Å². The fraction of sp³-hybridized carbons (Fsp3) is 0.500. The molecule has 1 amide bonds. The number of carbonyl (C=O) groups is 1. The second-order valence-corrected chi connectivity index (χ2v) is 7.66. The highest BCUT2D eigenvalue weighted by Crippen LogP contribution is 2.33. The average Bonchev–Trinajstić information content (AvgIpc) is 2.93. The minimum absolute atomic E-state index is 0.0236. The van der Waals surface area contributed by atoms with E-state index in [1.165, 1.54) is 26.3 Å². The lowest BCUT2D eigenvalue weighted by molar-refractivity contribution is -0.142. The molecular weight excluding hydrogens is 378 g/mol. The van der Waals surface area contributed by atoms with Gasteiger partial charge in [0.1, 0.15) is 23.9 Å². The number of nitrogens with zero attached hydrogens (tertiary/aromatic N) is 4. The van der Waals surface area contributed by atoms with Crippen LogP contribution in [0.3, 0.4) is 0 Å². The standard InChI is InChI=1S/C18H19ClF2N4O2/c1-10-2-5-15(17(26)23-8-12(20)9-23)25-16(10)22-24(18(25)27)7-11-3-4-14(21)13(19)6-11/h3-4,6,10,12,15H,2,5,7-9H2,1H3. The largest absolute Gasteiger partial charge is 0.347 e. The summed E-state index contributed by atoms with van der Waals surface area (Å²) in [5.41, 5.74) is 0.241. The Kier molecular flexibility index (Phi) is 4.53. The van der Waals surface area contributed by atoms with Crippen LogP contribution in [-0.2, 0) is 11.3 Å². The number of aromatic nitrogens is 3. The zero-order chi connectivity index (χ0) is 19.3. The number of halogens is 3.